The first-order valence-electron chi connectivity index (χ1n) is 16.0. The van der Waals surface area contributed by atoms with Gasteiger partial charge in [0.1, 0.15) is 0 Å². The number of carbonyl (C=O) groups is 1. The average Bonchev–Trinajstić information content (AvgIpc) is 3.52. The van der Waals surface area contributed by atoms with Gasteiger partial charge in [-0.3, -0.25) is 14.8 Å². The van der Waals surface area contributed by atoms with Crippen LogP contribution in [0, 0.1) is 6.92 Å². The minimum Gasteiger partial charge on any atom is -0.379 e. The summed E-state index contributed by atoms with van der Waals surface area (Å²) in [5.74, 6) is -0.486. The van der Waals surface area contributed by atoms with Crippen molar-refractivity contribution in [1.29, 1.82) is 0 Å². The van der Waals surface area contributed by atoms with E-state index in [9.17, 15) is 18.0 Å². The van der Waals surface area contributed by atoms with Crippen LogP contribution in [0.3, 0.4) is 0 Å². The number of anilines is 2. The van der Waals surface area contributed by atoms with Crippen LogP contribution in [0.25, 0.3) is 33.3 Å². The van der Waals surface area contributed by atoms with E-state index in [1.165, 1.54) is 17.8 Å². The number of hydrogen-bond acceptors (Lipinski definition) is 5. The molecule has 10 heteroatoms. The summed E-state index contributed by atoms with van der Waals surface area (Å²) >= 11 is 0. The Hall–Kier alpha value is -4.67. The molecule has 0 saturated carbocycles. The van der Waals surface area contributed by atoms with Crippen molar-refractivity contribution in [3.8, 4) is 22.4 Å². The van der Waals surface area contributed by atoms with Crippen molar-refractivity contribution < 1.29 is 22.7 Å². The molecule has 4 aromatic carbocycles. The number of amides is 1. The summed E-state index contributed by atoms with van der Waals surface area (Å²) in [5.41, 5.74) is 6.31. The van der Waals surface area contributed by atoms with E-state index >= 15 is 0 Å². The Morgan fingerprint density at radius 2 is 1.64 bits per heavy atom. The predicted molar refractivity (Wildman–Crippen MR) is 179 cm³/mol. The highest BCUT2D eigenvalue weighted by Gasteiger charge is 2.30. The highest BCUT2D eigenvalue weighted by atomic mass is 19.4. The molecule has 0 aliphatic carbocycles. The van der Waals surface area contributed by atoms with E-state index in [2.05, 4.69) is 49.6 Å². The van der Waals surface area contributed by atoms with E-state index in [-0.39, 0.29) is 5.69 Å². The number of fused-ring (bicyclic) bond motifs is 1. The third-order valence-electron chi connectivity index (χ3n) is 9.35. The quantitative estimate of drug-likeness (QED) is 0.199. The maximum absolute atomic E-state index is 13.1. The number of nitrogens with one attached hydrogen (secondary N) is 2. The average molecular weight is 640 g/mol. The van der Waals surface area contributed by atoms with Gasteiger partial charge < -0.3 is 15.0 Å². The normalized spacial score (nSPS) is 16.5. The Kier molecular flexibility index (Phi) is 8.46. The fraction of sp³-hybridized carbons (Fsp3) is 0.297. The van der Waals surface area contributed by atoms with Crippen molar-refractivity contribution in [2.45, 2.75) is 32.0 Å². The molecule has 242 valence electrons. The van der Waals surface area contributed by atoms with Crippen molar-refractivity contribution >= 4 is 28.2 Å². The van der Waals surface area contributed by atoms with E-state index in [1.54, 1.807) is 12.1 Å². The summed E-state index contributed by atoms with van der Waals surface area (Å²) in [5, 5.41) is 11.4. The highest BCUT2D eigenvalue weighted by Crippen LogP contribution is 2.34. The van der Waals surface area contributed by atoms with Crippen molar-refractivity contribution in [3.63, 3.8) is 0 Å². The van der Waals surface area contributed by atoms with Crippen molar-refractivity contribution in [1.82, 2.24) is 15.1 Å². The molecule has 5 aromatic rings. The van der Waals surface area contributed by atoms with Gasteiger partial charge in [0.15, 0.2) is 0 Å². The molecule has 2 aliphatic rings. The first-order valence-corrected chi connectivity index (χ1v) is 16.0. The van der Waals surface area contributed by atoms with Crippen LogP contribution in [0.15, 0.2) is 84.9 Å². The largest absolute Gasteiger partial charge is 0.416 e. The second kappa shape index (κ2) is 12.8. The molecule has 3 heterocycles. The Bertz CT molecular complexity index is 1890. The topological polar surface area (TPSA) is 73.5 Å². The number of morpholine rings is 1. The van der Waals surface area contributed by atoms with Gasteiger partial charge in [0, 0.05) is 60.1 Å². The van der Waals surface area contributed by atoms with E-state index in [0.29, 0.717) is 11.6 Å². The molecule has 2 aliphatic heterocycles. The number of H-pyrrole nitrogens is 1. The molecule has 47 heavy (non-hydrogen) atoms. The van der Waals surface area contributed by atoms with Gasteiger partial charge in [-0.25, -0.2) is 0 Å². The number of nitrogens with zero attached hydrogens (tertiary/aromatic N) is 3. The number of aromatic nitrogens is 2. The van der Waals surface area contributed by atoms with Crippen LogP contribution in [0.2, 0.25) is 0 Å². The molecule has 7 nitrogen and oxygen atoms in total. The number of aryl methyl sites for hydroxylation is 1. The fourth-order valence-corrected chi connectivity index (χ4v) is 6.72. The van der Waals surface area contributed by atoms with Crippen LogP contribution >= 0.6 is 0 Å². The molecule has 2 saturated heterocycles. The van der Waals surface area contributed by atoms with Gasteiger partial charge in [-0.15, -0.1) is 0 Å². The van der Waals surface area contributed by atoms with Crippen LogP contribution in [0.1, 0.15) is 34.3 Å². The summed E-state index contributed by atoms with van der Waals surface area (Å²) in [4.78, 5) is 18.1. The zero-order valence-electron chi connectivity index (χ0n) is 26.1. The third-order valence-corrected chi connectivity index (χ3v) is 9.35. The predicted octanol–water partition coefficient (Wildman–Crippen LogP) is 7.78. The Morgan fingerprint density at radius 3 is 2.38 bits per heavy atom. The lowest BCUT2D eigenvalue weighted by atomic mass is 9.96. The molecule has 0 unspecified atom stereocenters. The van der Waals surface area contributed by atoms with Crippen LogP contribution in [0.4, 0.5) is 24.5 Å². The lowest BCUT2D eigenvalue weighted by Gasteiger charge is -2.40. The molecule has 2 N–H and O–H groups in total. The van der Waals surface area contributed by atoms with E-state index in [0.717, 1.165) is 103 Å². The summed E-state index contributed by atoms with van der Waals surface area (Å²) in [6, 6.07) is 25.2. The summed E-state index contributed by atoms with van der Waals surface area (Å²) in [6.45, 7) is 7.80. The fourth-order valence-electron chi connectivity index (χ4n) is 6.72. The van der Waals surface area contributed by atoms with Crippen molar-refractivity contribution in [3.05, 3.63) is 102 Å². The number of benzene rings is 4. The molecule has 0 radical (unpaired) electrons. The number of ether oxygens (including phenoxy) is 1. The number of aromatic amines is 1. The maximum atomic E-state index is 13.1. The maximum Gasteiger partial charge on any atom is 0.416 e. The monoisotopic (exact) mass is 639 g/mol. The van der Waals surface area contributed by atoms with E-state index < -0.39 is 17.6 Å². The molecular weight excluding hydrogens is 603 g/mol. The van der Waals surface area contributed by atoms with Crippen LogP contribution in [0.5, 0.6) is 0 Å². The number of hydrogen-bond donors (Lipinski definition) is 2. The first kappa shape index (κ1) is 31.0. The van der Waals surface area contributed by atoms with Gasteiger partial charge in [0.05, 0.1) is 30.0 Å². The number of alkyl halides is 3. The molecular formula is C37H36F3N5O2. The minimum atomic E-state index is -4.49. The Balaban J connectivity index is 1.05. The van der Waals surface area contributed by atoms with Crippen molar-refractivity contribution in [2.24, 2.45) is 0 Å². The Labute approximate surface area is 271 Å². The molecule has 0 atom stereocenters. The number of carbonyl (C=O) groups excluding carboxylic acids is 1. The number of halogens is 3. The van der Waals surface area contributed by atoms with Gasteiger partial charge in [0.2, 0.25) is 0 Å². The molecule has 0 bridgehead atoms. The molecule has 2 fully saturated rings. The zero-order valence-corrected chi connectivity index (χ0v) is 26.1. The minimum absolute atomic E-state index is 0.0831. The highest BCUT2D eigenvalue weighted by molar-refractivity contribution is 6.05. The molecule has 0 spiro atoms. The third kappa shape index (κ3) is 6.61. The molecule has 7 rings (SSSR count). The van der Waals surface area contributed by atoms with Crippen molar-refractivity contribution in [2.75, 3.05) is 49.6 Å². The smallest absolute Gasteiger partial charge is 0.379 e. The number of rotatable bonds is 6. The van der Waals surface area contributed by atoms with Crippen LogP contribution in [-0.2, 0) is 10.9 Å². The zero-order chi connectivity index (χ0) is 32.5. The standard InChI is InChI=1S/C37H36F3N5O2/c1-24-5-6-27(36(46)41-29-4-2-3-28(23-29)37(38,39)40)21-33(24)26-9-12-32-34(22-26)42-43-35(32)25-7-10-30(11-8-25)44-15-13-31(14-16-44)45-17-19-47-20-18-45/h2-12,21-23,31H,13-20H2,1H3,(H,41,46)(H,42,43). The van der Waals surface area contributed by atoms with Gasteiger partial charge in [-0.1, -0.05) is 30.3 Å². The van der Waals surface area contributed by atoms with Gasteiger partial charge in [-0.05, 0) is 91.1 Å². The molecule has 1 amide bonds. The van der Waals surface area contributed by atoms with Gasteiger partial charge >= 0.3 is 6.18 Å². The van der Waals surface area contributed by atoms with Gasteiger partial charge in [-0.2, -0.15) is 18.3 Å². The number of piperidine rings is 1. The first-order chi connectivity index (χ1) is 22.7. The summed E-state index contributed by atoms with van der Waals surface area (Å²) in [6.07, 6.45) is -2.17. The molecule has 1 aromatic heterocycles. The second-order valence-electron chi connectivity index (χ2n) is 12.3. The van der Waals surface area contributed by atoms with Gasteiger partial charge in [0.25, 0.3) is 5.91 Å². The second-order valence-corrected chi connectivity index (χ2v) is 12.3. The SMILES string of the molecule is Cc1ccc(C(=O)Nc2cccc(C(F)(F)F)c2)cc1-c1ccc2c(-c3ccc(N4CCC(N5CCOCC5)CC4)cc3)n[nH]c2c1. The van der Waals surface area contributed by atoms with E-state index in [1.807, 2.05) is 31.2 Å². The lowest BCUT2D eigenvalue weighted by molar-refractivity contribution is -0.137. The lowest BCUT2D eigenvalue weighted by Crippen LogP contribution is -2.49. The van der Waals surface area contributed by atoms with Crippen LogP contribution < -0.4 is 10.2 Å². The Morgan fingerprint density at radius 1 is 0.894 bits per heavy atom. The van der Waals surface area contributed by atoms with Crippen LogP contribution in [-0.4, -0.2) is 66.4 Å². The summed E-state index contributed by atoms with van der Waals surface area (Å²) in [7, 11) is 0. The summed E-state index contributed by atoms with van der Waals surface area (Å²) < 4.78 is 45.0. The van der Waals surface area contributed by atoms with E-state index in [4.69, 9.17) is 4.74 Å².